The van der Waals surface area contributed by atoms with Gasteiger partial charge in [0.2, 0.25) is 5.91 Å². The summed E-state index contributed by atoms with van der Waals surface area (Å²) in [5.41, 5.74) is 0.331. The molecule has 0 fully saturated rings. The fraction of sp³-hybridized carbons (Fsp3) is 0.167. The molecule has 13 heavy (non-hydrogen) atoms. The van der Waals surface area contributed by atoms with Crippen molar-refractivity contribution in [2.75, 3.05) is 5.32 Å². The monoisotopic (exact) mass is 219 g/mol. The van der Waals surface area contributed by atoms with E-state index in [9.17, 15) is 4.79 Å². The van der Waals surface area contributed by atoms with Crippen LogP contribution in [0.5, 0.6) is 0 Å². The SMILES string of the molecule is CC(=O)Nc1nc(/C=N/O)c(Cl)s1. The van der Waals surface area contributed by atoms with Crippen LogP contribution in [0.25, 0.3) is 0 Å². The van der Waals surface area contributed by atoms with Crippen molar-refractivity contribution in [3.63, 3.8) is 0 Å². The maximum atomic E-state index is 10.6. The zero-order chi connectivity index (χ0) is 9.84. The summed E-state index contributed by atoms with van der Waals surface area (Å²) in [4.78, 5) is 14.5. The molecule has 0 aromatic carbocycles. The van der Waals surface area contributed by atoms with Crippen LogP contribution in [0.4, 0.5) is 5.13 Å². The molecule has 1 rings (SSSR count). The first-order valence-corrected chi connectivity index (χ1v) is 4.44. The molecule has 0 atom stereocenters. The zero-order valence-electron chi connectivity index (χ0n) is 6.61. The summed E-state index contributed by atoms with van der Waals surface area (Å²) in [5, 5.41) is 13.9. The minimum atomic E-state index is -0.224. The first-order valence-electron chi connectivity index (χ1n) is 3.25. The van der Waals surface area contributed by atoms with Gasteiger partial charge in [-0.1, -0.05) is 28.1 Å². The predicted octanol–water partition coefficient (Wildman–Crippen LogP) is 1.56. The molecule has 70 valence electrons. The molecule has 1 heterocycles. The standard InChI is InChI=1S/C6H6ClN3O2S/c1-3(11)9-6-10-4(2-8-12)5(7)13-6/h2,12H,1H3,(H,9,10,11)/b8-2+. The normalized spacial score (nSPS) is 10.6. The Morgan fingerprint density at radius 1 is 1.85 bits per heavy atom. The number of carbonyl (C=O) groups is 1. The third-order valence-corrected chi connectivity index (χ3v) is 2.27. The van der Waals surface area contributed by atoms with Gasteiger partial charge in [0.25, 0.3) is 0 Å². The summed E-state index contributed by atoms with van der Waals surface area (Å²) >= 11 is 6.81. The van der Waals surface area contributed by atoms with E-state index in [1.54, 1.807) is 0 Å². The summed E-state index contributed by atoms with van der Waals surface area (Å²) in [5.74, 6) is -0.224. The second kappa shape index (κ2) is 4.20. The Hall–Kier alpha value is -1.14. The number of hydrogen-bond donors (Lipinski definition) is 2. The molecule has 1 aromatic heterocycles. The first-order chi connectivity index (χ1) is 6.13. The maximum Gasteiger partial charge on any atom is 0.223 e. The number of nitrogens with one attached hydrogen (secondary N) is 1. The van der Waals surface area contributed by atoms with Gasteiger partial charge in [-0.05, 0) is 0 Å². The first kappa shape index (κ1) is 9.94. The summed E-state index contributed by atoms with van der Waals surface area (Å²) in [6, 6.07) is 0. The summed E-state index contributed by atoms with van der Waals surface area (Å²) in [6.45, 7) is 1.37. The quantitative estimate of drug-likeness (QED) is 0.450. The van der Waals surface area contributed by atoms with E-state index in [0.717, 1.165) is 17.6 Å². The van der Waals surface area contributed by atoms with Crippen molar-refractivity contribution >= 4 is 40.2 Å². The van der Waals surface area contributed by atoms with Gasteiger partial charge in [0.15, 0.2) is 5.13 Å². The van der Waals surface area contributed by atoms with Crippen LogP contribution >= 0.6 is 22.9 Å². The Kier molecular flexibility index (Phi) is 3.21. The van der Waals surface area contributed by atoms with E-state index < -0.39 is 0 Å². The van der Waals surface area contributed by atoms with Gasteiger partial charge in [0.1, 0.15) is 10.0 Å². The molecule has 2 N–H and O–H groups in total. The molecule has 0 aliphatic heterocycles. The van der Waals surface area contributed by atoms with E-state index in [2.05, 4.69) is 15.5 Å². The fourth-order valence-corrected chi connectivity index (χ4v) is 1.67. The number of carbonyl (C=O) groups excluding carboxylic acids is 1. The van der Waals surface area contributed by atoms with Gasteiger partial charge < -0.3 is 10.5 Å². The minimum absolute atomic E-state index is 0.224. The van der Waals surface area contributed by atoms with Crippen LogP contribution < -0.4 is 5.32 Å². The second-order valence-electron chi connectivity index (χ2n) is 2.10. The Bertz CT molecular complexity index is 350. The lowest BCUT2D eigenvalue weighted by Gasteiger charge is -1.91. The number of anilines is 1. The van der Waals surface area contributed by atoms with Gasteiger partial charge in [-0.15, -0.1) is 0 Å². The van der Waals surface area contributed by atoms with Crippen molar-refractivity contribution in [1.29, 1.82) is 0 Å². The van der Waals surface area contributed by atoms with Crippen LogP contribution in [0.3, 0.4) is 0 Å². The lowest BCUT2D eigenvalue weighted by molar-refractivity contribution is -0.114. The number of aromatic nitrogens is 1. The fourth-order valence-electron chi connectivity index (χ4n) is 0.652. The van der Waals surface area contributed by atoms with Crippen molar-refractivity contribution in [2.24, 2.45) is 5.16 Å². The van der Waals surface area contributed by atoms with Gasteiger partial charge in [-0.25, -0.2) is 4.98 Å². The van der Waals surface area contributed by atoms with E-state index in [0.29, 0.717) is 15.2 Å². The number of rotatable bonds is 2. The Morgan fingerprint density at radius 2 is 2.54 bits per heavy atom. The number of halogens is 1. The maximum absolute atomic E-state index is 10.6. The molecule has 0 radical (unpaired) electrons. The predicted molar refractivity (Wildman–Crippen MR) is 50.8 cm³/mol. The van der Waals surface area contributed by atoms with Gasteiger partial charge >= 0.3 is 0 Å². The molecular weight excluding hydrogens is 214 g/mol. The molecule has 0 aliphatic rings. The third kappa shape index (κ3) is 2.67. The molecule has 0 saturated heterocycles. The molecule has 0 unspecified atom stereocenters. The van der Waals surface area contributed by atoms with Gasteiger partial charge in [-0.3, -0.25) is 4.79 Å². The number of oxime groups is 1. The van der Waals surface area contributed by atoms with Crippen LogP contribution in [0.2, 0.25) is 4.34 Å². The second-order valence-corrected chi connectivity index (χ2v) is 3.70. The lowest BCUT2D eigenvalue weighted by atomic mass is 10.5. The van der Waals surface area contributed by atoms with Crippen molar-refractivity contribution < 1.29 is 10.0 Å². The highest BCUT2D eigenvalue weighted by Gasteiger charge is 2.07. The highest BCUT2D eigenvalue weighted by atomic mass is 35.5. The van der Waals surface area contributed by atoms with Crippen LogP contribution in [0.1, 0.15) is 12.6 Å². The van der Waals surface area contributed by atoms with Crippen molar-refractivity contribution in [3.05, 3.63) is 10.0 Å². The Balaban J connectivity index is 2.88. The molecule has 5 nitrogen and oxygen atoms in total. The number of hydrogen-bond acceptors (Lipinski definition) is 5. The topological polar surface area (TPSA) is 74.6 Å². The number of thiazole rings is 1. The number of amides is 1. The largest absolute Gasteiger partial charge is 0.411 e. The average Bonchev–Trinajstić information content (AvgIpc) is 2.31. The average molecular weight is 220 g/mol. The molecule has 7 heteroatoms. The van der Waals surface area contributed by atoms with Crippen LogP contribution in [-0.4, -0.2) is 22.3 Å². The summed E-state index contributed by atoms with van der Waals surface area (Å²) in [7, 11) is 0. The molecule has 0 spiro atoms. The lowest BCUT2D eigenvalue weighted by Crippen LogP contribution is -2.05. The molecular formula is C6H6ClN3O2S. The van der Waals surface area contributed by atoms with Crippen LogP contribution in [-0.2, 0) is 4.79 Å². The van der Waals surface area contributed by atoms with E-state index in [1.165, 1.54) is 6.92 Å². The van der Waals surface area contributed by atoms with Gasteiger partial charge in [0, 0.05) is 6.92 Å². The molecule has 0 saturated carbocycles. The highest BCUT2D eigenvalue weighted by molar-refractivity contribution is 7.19. The molecule has 0 bridgehead atoms. The van der Waals surface area contributed by atoms with Crippen LogP contribution in [0.15, 0.2) is 5.16 Å². The molecule has 1 aromatic rings. The summed E-state index contributed by atoms with van der Waals surface area (Å²) < 4.78 is 0.363. The van der Waals surface area contributed by atoms with Crippen molar-refractivity contribution in [3.8, 4) is 0 Å². The van der Waals surface area contributed by atoms with Crippen LogP contribution in [0, 0.1) is 0 Å². The Morgan fingerprint density at radius 3 is 3.08 bits per heavy atom. The minimum Gasteiger partial charge on any atom is -0.411 e. The summed E-state index contributed by atoms with van der Waals surface area (Å²) in [6.07, 6.45) is 1.10. The van der Waals surface area contributed by atoms with E-state index in [-0.39, 0.29) is 5.91 Å². The van der Waals surface area contributed by atoms with E-state index >= 15 is 0 Å². The van der Waals surface area contributed by atoms with E-state index in [1.807, 2.05) is 0 Å². The Labute approximate surface area is 83.0 Å². The highest BCUT2D eigenvalue weighted by Crippen LogP contribution is 2.26. The zero-order valence-corrected chi connectivity index (χ0v) is 8.19. The molecule has 1 amide bonds. The van der Waals surface area contributed by atoms with Gasteiger partial charge in [-0.2, -0.15) is 0 Å². The number of nitrogens with zero attached hydrogens (tertiary/aromatic N) is 2. The van der Waals surface area contributed by atoms with Gasteiger partial charge in [0.05, 0.1) is 6.21 Å². The smallest absolute Gasteiger partial charge is 0.223 e. The molecule has 0 aliphatic carbocycles. The van der Waals surface area contributed by atoms with E-state index in [4.69, 9.17) is 16.8 Å². The van der Waals surface area contributed by atoms with Crippen molar-refractivity contribution in [1.82, 2.24) is 4.98 Å². The van der Waals surface area contributed by atoms with Crippen molar-refractivity contribution in [2.45, 2.75) is 6.92 Å². The third-order valence-electron chi connectivity index (χ3n) is 1.07.